The van der Waals surface area contributed by atoms with Crippen LogP contribution in [0.3, 0.4) is 0 Å². The molecule has 7 heavy (non-hydrogen) atoms. The van der Waals surface area contributed by atoms with E-state index in [-0.39, 0.29) is 0 Å². The lowest BCUT2D eigenvalue weighted by Crippen LogP contribution is -1.95. The van der Waals surface area contributed by atoms with E-state index >= 15 is 0 Å². The average molecular weight is 364 g/mol. The van der Waals surface area contributed by atoms with Crippen molar-refractivity contribution in [2.24, 2.45) is 0 Å². The Morgan fingerprint density at radius 3 is 1.57 bits per heavy atom. The predicted octanol–water partition coefficient (Wildman–Crippen LogP) is 1.82. The second-order valence-electron chi connectivity index (χ2n) is 0.736. The first kappa shape index (κ1) is 8.64. The van der Waals surface area contributed by atoms with Crippen LogP contribution in [0.5, 0.6) is 0 Å². The summed E-state index contributed by atoms with van der Waals surface area (Å²) in [6, 6.07) is 0. The zero-order chi connectivity index (χ0) is 6.08. The van der Waals surface area contributed by atoms with Gasteiger partial charge in [0.1, 0.15) is 0 Å². The Balaban J connectivity index is 4.10. The fourth-order valence-corrected chi connectivity index (χ4v) is 0. The fraction of sp³-hybridized carbons (Fsp3) is 1.00. The SMILES string of the molecule is O=S(=O)(I)C(Br)Br. The molecule has 0 unspecified atom stereocenters. The molecular formula is CHBr2IO2S. The molecule has 44 valence electrons. The molecule has 0 fully saturated rings. The van der Waals surface area contributed by atoms with Crippen LogP contribution < -0.4 is 0 Å². The second kappa shape index (κ2) is 2.98. The fourth-order valence-electron chi connectivity index (χ4n) is 0. The van der Waals surface area contributed by atoms with Crippen LogP contribution in [-0.2, 0) is 7.01 Å². The van der Waals surface area contributed by atoms with Gasteiger partial charge in [-0.3, -0.25) is 0 Å². The van der Waals surface area contributed by atoms with E-state index in [1.54, 1.807) is 0 Å². The highest BCUT2D eigenvalue weighted by molar-refractivity contribution is 14.2. The topological polar surface area (TPSA) is 34.1 Å². The van der Waals surface area contributed by atoms with Crippen molar-refractivity contribution in [2.75, 3.05) is 0 Å². The third kappa shape index (κ3) is 4.16. The lowest BCUT2D eigenvalue weighted by atomic mass is 11.9. The summed E-state index contributed by atoms with van der Waals surface area (Å²) in [6.07, 6.45) is 0. The number of halogens is 3. The van der Waals surface area contributed by atoms with Gasteiger partial charge in [-0.15, -0.1) is 0 Å². The van der Waals surface area contributed by atoms with Crippen molar-refractivity contribution in [3.8, 4) is 0 Å². The molecule has 0 radical (unpaired) electrons. The summed E-state index contributed by atoms with van der Waals surface area (Å²) >= 11 is 6.98. The lowest BCUT2D eigenvalue weighted by Gasteiger charge is -1.89. The van der Waals surface area contributed by atoms with Crippen LogP contribution in [0.2, 0.25) is 0 Å². The van der Waals surface area contributed by atoms with Gasteiger partial charge in [0, 0.05) is 0 Å². The monoisotopic (exact) mass is 362 g/mol. The molecule has 0 aliphatic rings. The Labute approximate surface area is 70.8 Å². The molecule has 0 saturated heterocycles. The van der Waals surface area contributed by atoms with Gasteiger partial charge < -0.3 is 0 Å². The van der Waals surface area contributed by atoms with Crippen molar-refractivity contribution < 1.29 is 8.42 Å². The van der Waals surface area contributed by atoms with Gasteiger partial charge in [0.15, 0.2) is 3.07 Å². The average Bonchev–Trinajstić information content (AvgIpc) is 1.31. The molecule has 0 aromatic carbocycles. The molecule has 0 N–H and O–H groups in total. The van der Waals surface area contributed by atoms with Crippen LogP contribution >= 0.6 is 53.1 Å². The van der Waals surface area contributed by atoms with Crippen molar-refractivity contribution in [3.05, 3.63) is 0 Å². The zero-order valence-electron chi connectivity index (χ0n) is 2.94. The van der Waals surface area contributed by atoms with Gasteiger partial charge in [-0.2, -0.15) is 0 Å². The Morgan fingerprint density at radius 1 is 1.43 bits per heavy atom. The van der Waals surface area contributed by atoms with Gasteiger partial charge >= 0.3 is 0 Å². The first-order chi connectivity index (χ1) is 2.94. The smallest absolute Gasteiger partial charge is 0.216 e. The molecule has 0 heterocycles. The number of hydrogen-bond acceptors (Lipinski definition) is 2. The molecule has 2 nitrogen and oxygen atoms in total. The molecule has 0 atom stereocenters. The molecule has 0 aliphatic carbocycles. The van der Waals surface area contributed by atoms with Gasteiger partial charge in [0.2, 0.25) is 7.01 Å². The molecule has 0 spiro atoms. The first-order valence-corrected chi connectivity index (χ1v) is 7.08. The highest BCUT2D eigenvalue weighted by atomic mass is 127. The second-order valence-corrected chi connectivity index (χ2v) is 10.1. The van der Waals surface area contributed by atoms with Crippen LogP contribution in [0.25, 0.3) is 0 Å². The minimum atomic E-state index is -2.94. The van der Waals surface area contributed by atoms with Gasteiger partial charge in [0.05, 0.1) is 21.2 Å². The highest BCUT2D eigenvalue weighted by Gasteiger charge is 2.12. The van der Waals surface area contributed by atoms with Crippen LogP contribution in [0.1, 0.15) is 0 Å². The maximum atomic E-state index is 10.2. The first-order valence-electron chi connectivity index (χ1n) is 1.16. The molecular weight excluding hydrogens is 363 g/mol. The summed E-state index contributed by atoms with van der Waals surface area (Å²) in [5, 5.41) is 0. The summed E-state index contributed by atoms with van der Waals surface area (Å²) in [5.74, 6) is 0. The van der Waals surface area contributed by atoms with E-state index < -0.39 is 10.1 Å². The predicted molar refractivity (Wildman–Crippen MR) is 44.6 cm³/mol. The number of hydrogen-bond donors (Lipinski definition) is 0. The molecule has 0 amide bonds. The van der Waals surface area contributed by atoms with E-state index in [1.807, 2.05) is 0 Å². The molecule has 0 aromatic rings. The summed E-state index contributed by atoms with van der Waals surface area (Å²) in [7, 11) is -2.94. The minimum Gasteiger partial charge on any atom is -0.216 e. The maximum absolute atomic E-state index is 10.2. The van der Waals surface area contributed by atoms with E-state index in [2.05, 4.69) is 31.9 Å². The van der Waals surface area contributed by atoms with Crippen molar-refractivity contribution in [1.29, 1.82) is 0 Å². The van der Waals surface area contributed by atoms with E-state index in [1.165, 1.54) is 21.2 Å². The van der Waals surface area contributed by atoms with Crippen molar-refractivity contribution in [1.82, 2.24) is 0 Å². The molecule has 0 rings (SSSR count). The van der Waals surface area contributed by atoms with Crippen molar-refractivity contribution in [3.63, 3.8) is 0 Å². The van der Waals surface area contributed by atoms with Crippen LogP contribution in [-0.4, -0.2) is 11.5 Å². The Hall–Kier alpha value is 1.64. The van der Waals surface area contributed by atoms with E-state index in [9.17, 15) is 8.42 Å². The highest BCUT2D eigenvalue weighted by Crippen LogP contribution is 2.21. The molecule has 0 saturated carbocycles. The Bertz CT molecular complexity index is 138. The minimum absolute atomic E-state index is 0.618. The quantitative estimate of drug-likeness (QED) is 0.404. The standard InChI is InChI=1S/CHBr2IO2S/c2-1(3)7(4,5)6/h1H. The maximum Gasteiger partial charge on any atom is 0.225 e. The summed E-state index contributed by atoms with van der Waals surface area (Å²) in [4.78, 5) is 0. The Kier molecular flexibility index (Phi) is 3.67. The van der Waals surface area contributed by atoms with E-state index in [0.717, 1.165) is 0 Å². The van der Waals surface area contributed by atoms with Gasteiger partial charge in [-0.25, -0.2) is 8.42 Å². The lowest BCUT2D eigenvalue weighted by molar-refractivity contribution is 0.616. The van der Waals surface area contributed by atoms with Gasteiger partial charge in [-0.05, 0) is 0 Å². The largest absolute Gasteiger partial charge is 0.225 e. The third-order valence-corrected chi connectivity index (χ3v) is 9.31. The number of rotatable bonds is 1. The number of alkyl halides is 2. The van der Waals surface area contributed by atoms with Crippen LogP contribution in [0.4, 0.5) is 0 Å². The van der Waals surface area contributed by atoms with E-state index in [4.69, 9.17) is 0 Å². The van der Waals surface area contributed by atoms with Crippen molar-refractivity contribution >= 4 is 60.1 Å². The third-order valence-electron chi connectivity index (χ3n) is 0.213. The molecule has 0 aromatic heterocycles. The summed E-state index contributed by atoms with van der Waals surface area (Å²) < 4.78 is 19.8. The van der Waals surface area contributed by atoms with Crippen LogP contribution in [0, 0.1) is 0 Å². The summed E-state index contributed by atoms with van der Waals surface area (Å²) in [6.45, 7) is 0. The zero-order valence-corrected chi connectivity index (χ0v) is 9.08. The molecule has 0 bridgehead atoms. The summed E-state index contributed by atoms with van der Waals surface area (Å²) in [5.41, 5.74) is 0. The Morgan fingerprint density at radius 2 is 1.57 bits per heavy atom. The van der Waals surface area contributed by atoms with Crippen LogP contribution in [0.15, 0.2) is 0 Å². The van der Waals surface area contributed by atoms with E-state index in [0.29, 0.717) is 0 Å². The van der Waals surface area contributed by atoms with Gasteiger partial charge in [-0.1, -0.05) is 31.9 Å². The van der Waals surface area contributed by atoms with Gasteiger partial charge in [0.25, 0.3) is 0 Å². The van der Waals surface area contributed by atoms with Crippen molar-refractivity contribution in [2.45, 2.75) is 3.07 Å². The molecule has 0 aliphatic heterocycles. The molecule has 6 heteroatoms. The normalized spacial score (nSPS) is 12.6.